The van der Waals surface area contributed by atoms with Gasteiger partial charge in [-0.05, 0) is 48.6 Å². The minimum atomic E-state index is 0.685. The molecule has 1 fully saturated rings. The minimum Gasteiger partial charge on any atom is -0.497 e. The van der Waals surface area contributed by atoms with Crippen molar-refractivity contribution in [2.24, 2.45) is 0 Å². The Labute approximate surface area is 167 Å². The van der Waals surface area contributed by atoms with Crippen LogP contribution in [0.3, 0.4) is 0 Å². The number of methoxy groups -OCH3 is 1. The lowest BCUT2D eigenvalue weighted by atomic mass is 10.2. The number of rotatable bonds is 5. The van der Waals surface area contributed by atoms with Crippen molar-refractivity contribution < 1.29 is 4.74 Å². The Hall–Kier alpha value is -2.16. The Morgan fingerprint density at radius 3 is 2.44 bits per heavy atom. The molecule has 27 heavy (non-hydrogen) atoms. The highest BCUT2D eigenvalue weighted by molar-refractivity contribution is 7.99. The van der Waals surface area contributed by atoms with Gasteiger partial charge in [0.05, 0.1) is 19.5 Å². The fraction of sp³-hybridized carbons (Fsp3) is 0.316. The number of pyridine rings is 1. The van der Waals surface area contributed by atoms with Gasteiger partial charge in [0.15, 0.2) is 5.82 Å². The number of hydrogen-bond donors (Lipinski definition) is 0. The molecule has 0 spiro atoms. The quantitative estimate of drug-likeness (QED) is 0.612. The van der Waals surface area contributed by atoms with E-state index in [4.69, 9.17) is 22.1 Å². The van der Waals surface area contributed by atoms with Gasteiger partial charge in [0, 0.05) is 42.6 Å². The molecule has 0 unspecified atom stereocenters. The van der Waals surface area contributed by atoms with Crippen molar-refractivity contribution >= 4 is 24.0 Å². The fourth-order valence-electron chi connectivity index (χ4n) is 3.08. The molecule has 1 aliphatic heterocycles. The third-order valence-electron chi connectivity index (χ3n) is 4.55. The molecule has 4 rings (SSSR count). The van der Waals surface area contributed by atoms with Gasteiger partial charge in [0.1, 0.15) is 5.75 Å². The lowest BCUT2D eigenvalue weighted by Crippen LogP contribution is -2.34. The predicted octanol–water partition coefficient (Wildman–Crippen LogP) is 3.48. The van der Waals surface area contributed by atoms with Gasteiger partial charge < -0.3 is 4.74 Å². The third-order valence-corrected chi connectivity index (χ3v) is 5.88. The van der Waals surface area contributed by atoms with Crippen LogP contribution >= 0.6 is 24.0 Å². The van der Waals surface area contributed by atoms with Crippen molar-refractivity contribution in [3.63, 3.8) is 0 Å². The standard InChI is InChI=1S/C19H21N5OS2/c1-25-17-4-2-16(3-5-17)24-18(15-6-8-20-9-7-15)21-23(19(24)26)14-22-10-12-27-13-11-22/h2-9H,10-14H2,1H3. The molecule has 3 aromatic rings. The molecule has 2 aromatic heterocycles. The van der Waals surface area contributed by atoms with E-state index in [9.17, 15) is 0 Å². The van der Waals surface area contributed by atoms with Gasteiger partial charge in [-0.15, -0.1) is 5.10 Å². The first-order chi connectivity index (χ1) is 13.3. The maximum absolute atomic E-state index is 5.81. The lowest BCUT2D eigenvalue weighted by molar-refractivity contribution is 0.226. The van der Waals surface area contributed by atoms with Crippen molar-refractivity contribution in [1.82, 2.24) is 24.2 Å². The first kappa shape index (κ1) is 18.2. The van der Waals surface area contributed by atoms with Crippen molar-refractivity contribution in [2.75, 3.05) is 31.7 Å². The van der Waals surface area contributed by atoms with Crippen LogP contribution in [0.25, 0.3) is 17.1 Å². The van der Waals surface area contributed by atoms with Crippen LogP contribution in [0.4, 0.5) is 0 Å². The Balaban J connectivity index is 1.78. The summed E-state index contributed by atoms with van der Waals surface area (Å²) >= 11 is 7.81. The van der Waals surface area contributed by atoms with E-state index in [0.717, 1.165) is 47.4 Å². The van der Waals surface area contributed by atoms with Crippen LogP contribution in [0.15, 0.2) is 48.8 Å². The highest BCUT2D eigenvalue weighted by atomic mass is 32.2. The van der Waals surface area contributed by atoms with Crippen LogP contribution in [-0.4, -0.2) is 55.9 Å². The van der Waals surface area contributed by atoms with Crippen molar-refractivity contribution in [1.29, 1.82) is 0 Å². The third kappa shape index (κ3) is 3.92. The predicted molar refractivity (Wildman–Crippen MR) is 111 cm³/mol. The summed E-state index contributed by atoms with van der Waals surface area (Å²) in [4.78, 5) is 6.52. The lowest BCUT2D eigenvalue weighted by Gasteiger charge is -2.25. The van der Waals surface area contributed by atoms with E-state index in [1.165, 1.54) is 0 Å². The fourth-order valence-corrected chi connectivity index (χ4v) is 4.35. The van der Waals surface area contributed by atoms with Gasteiger partial charge >= 0.3 is 0 Å². The Bertz CT molecular complexity index is 946. The summed E-state index contributed by atoms with van der Waals surface area (Å²) in [5, 5.41) is 4.86. The zero-order valence-electron chi connectivity index (χ0n) is 15.1. The molecule has 8 heteroatoms. The van der Waals surface area contributed by atoms with Gasteiger partial charge in [-0.1, -0.05) is 0 Å². The summed E-state index contributed by atoms with van der Waals surface area (Å²) in [7, 11) is 1.66. The maximum Gasteiger partial charge on any atom is 0.204 e. The maximum atomic E-state index is 5.81. The smallest absolute Gasteiger partial charge is 0.204 e. The van der Waals surface area contributed by atoms with Crippen molar-refractivity contribution in [3.8, 4) is 22.8 Å². The highest BCUT2D eigenvalue weighted by Gasteiger charge is 2.17. The van der Waals surface area contributed by atoms with Gasteiger partial charge in [0.2, 0.25) is 4.77 Å². The highest BCUT2D eigenvalue weighted by Crippen LogP contribution is 2.24. The molecule has 1 aromatic carbocycles. The van der Waals surface area contributed by atoms with Gasteiger partial charge in [-0.25, -0.2) is 4.68 Å². The van der Waals surface area contributed by atoms with E-state index < -0.39 is 0 Å². The molecule has 1 aliphatic rings. The van der Waals surface area contributed by atoms with Gasteiger partial charge in [-0.2, -0.15) is 11.8 Å². The average Bonchev–Trinajstić information content (AvgIpc) is 3.05. The first-order valence-corrected chi connectivity index (χ1v) is 10.4. The van der Waals surface area contributed by atoms with Crippen LogP contribution in [0, 0.1) is 4.77 Å². The molecule has 140 valence electrons. The molecule has 0 bridgehead atoms. The Kier molecular flexibility index (Phi) is 5.56. The van der Waals surface area contributed by atoms with Gasteiger partial charge in [-0.3, -0.25) is 14.5 Å². The minimum absolute atomic E-state index is 0.685. The molecule has 0 radical (unpaired) electrons. The van der Waals surface area contributed by atoms with Crippen LogP contribution in [0.2, 0.25) is 0 Å². The molecule has 3 heterocycles. The molecule has 0 amide bonds. The second kappa shape index (κ2) is 8.24. The SMILES string of the molecule is COc1ccc(-n2c(-c3ccncc3)nn(CN3CCSCC3)c2=S)cc1. The largest absolute Gasteiger partial charge is 0.497 e. The van der Waals surface area contributed by atoms with E-state index in [1.54, 1.807) is 19.5 Å². The molecule has 0 N–H and O–H groups in total. The van der Waals surface area contributed by atoms with Crippen molar-refractivity contribution in [2.45, 2.75) is 6.67 Å². The summed E-state index contributed by atoms with van der Waals surface area (Å²) in [6, 6.07) is 11.8. The van der Waals surface area contributed by atoms with E-state index in [0.29, 0.717) is 11.4 Å². The second-order valence-electron chi connectivity index (χ2n) is 6.25. The van der Waals surface area contributed by atoms with Crippen molar-refractivity contribution in [3.05, 3.63) is 53.6 Å². The topological polar surface area (TPSA) is 48.1 Å². The number of ether oxygens (including phenoxy) is 1. The monoisotopic (exact) mass is 399 g/mol. The van der Waals surface area contributed by atoms with E-state index in [-0.39, 0.29) is 0 Å². The van der Waals surface area contributed by atoms with E-state index in [1.807, 2.05) is 57.4 Å². The summed E-state index contributed by atoms with van der Waals surface area (Å²) in [6.45, 7) is 2.83. The summed E-state index contributed by atoms with van der Waals surface area (Å²) in [6.07, 6.45) is 3.55. The number of hydrogen-bond acceptors (Lipinski definition) is 6. The van der Waals surface area contributed by atoms with Crippen LogP contribution in [0.1, 0.15) is 0 Å². The number of nitrogens with zero attached hydrogens (tertiary/aromatic N) is 5. The normalized spacial score (nSPS) is 15.0. The molecular weight excluding hydrogens is 378 g/mol. The zero-order chi connectivity index (χ0) is 18.6. The summed E-state index contributed by atoms with van der Waals surface area (Å²) < 4.78 is 9.91. The summed E-state index contributed by atoms with van der Waals surface area (Å²) in [5.74, 6) is 3.95. The summed E-state index contributed by atoms with van der Waals surface area (Å²) in [5.41, 5.74) is 1.95. The second-order valence-corrected chi connectivity index (χ2v) is 7.84. The number of thioether (sulfide) groups is 1. The molecule has 1 saturated heterocycles. The zero-order valence-corrected chi connectivity index (χ0v) is 16.7. The number of aromatic nitrogens is 4. The van der Waals surface area contributed by atoms with Crippen LogP contribution in [-0.2, 0) is 6.67 Å². The molecule has 6 nitrogen and oxygen atoms in total. The number of benzene rings is 1. The first-order valence-electron chi connectivity index (χ1n) is 8.81. The molecule has 0 aliphatic carbocycles. The van der Waals surface area contributed by atoms with E-state index in [2.05, 4.69) is 9.88 Å². The Morgan fingerprint density at radius 1 is 1.07 bits per heavy atom. The van der Waals surface area contributed by atoms with Gasteiger partial charge in [0.25, 0.3) is 0 Å². The molecular formula is C19H21N5OS2. The van der Waals surface area contributed by atoms with E-state index >= 15 is 0 Å². The molecule has 0 saturated carbocycles. The Morgan fingerprint density at radius 2 is 1.78 bits per heavy atom. The average molecular weight is 400 g/mol. The van der Waals surface area contributed by atoms with Crippen LogP contribution < -0.4 is 4.74 Å². The van der Waals surface area contributed by atoms with Crippen LogP contribution in [0.5, 0.6) is 5.75 Å². The molecule has 0 atom stereocenters.